The molecule has 0 aliphatic carbocycles. The van der Waals surface area contributed by atoms with Crippen LogP contribution < -0.4 is 9.47 Å². The topological polar surface area (TPSA) is 18.5 Å². The van der Waals surface area contributed by atoms with Gasteiger partial charge in [0.05, 0.1) is 0 Å². The third-order valence-electron chi connectivity index (χ3n) is 2.48. The van der Waals surface area contributed by atoms with Crippen LogP contribution in [0, 0.1) is 0 Å². The molecule has 0 spiro atoms. The Morgan fingerprint density at radius 1 is 0.577 bits per heavy atom. The molecule has 0 amide bonds. The molecule has 0 atom stereocenters. The zero-order valence-corrected chi connectivity index (χ0v) is 13.8. The van der Waals surface area contributed by atoms with Gasteiger partial charge in [-0.15, -0.1) is 0 Å². The summed E-state index contributed by atoms with van der Waals surface area (Å²) >= 11 is 0. The summed E-state index contributed by atoms with van der Waals surface area (Å²) in [6, 6.07) is -0.354. The number of rotatable bonds is 8. The molecule has 1 rings (SSSR count). The van der Waals surface area contributed by atoms with Gasteiger partial charge in [-0.05, 0) is 12.1 Å². The van der Waals surface area contributed by atoms with Gasteiger partial charge in [-0.2, -0.15) is 0 Å². The molecule has 2 nitrogen and oxygen atoms in total. The molecule has 1 aromatic carbocycles. The van der Waals surface area contributed by atoms with Crippen molar-refractivity contribution >= 4 is 20.4 Å². The molecule has 0 aromatic heterocycles. The minimum Gasteiger partial charge on any atom is -0.489 e. The van der Waals surface area contributed by atoms with E-state index in [4.69, 9.17) is 0 Å². The summed E-state index contributed by atoms with van der Waals surface area (Å²) in [6.45, 7) is -6.09. The lowest BCUT2D eigenvalue weighted by molar-refractivity contribution is 0.242. The summed E-state index contributed by atoms with van der Waals surface area (Å²) in [5.41, 5.74) is 0. The lowest BCUT2D eigenvalue weighted by atomic mass is 10.3. The Kier molecular flexibility index (Phi) is 4.49. The highest BCUT2D eigenvalue weighted by Crippen LogP contribution is 3.10. The summed E-state index contributed by atoms with van der Waals surface area (Å²) in [7, 11) is -23.0. The van der Waals surface area contributed by atoms with E-state index in [1.54, 1.807) is 0 Å². The van der Waals surface area contributed by atoms with Gasteiger partial charge in [0.15, 0.2) is 9.79 Å². The third-order valence-corrected chi connectivity index (χ3v) is 4.96. The first kappa shape index (κ1) is 22.7. The average Bonchev–Trinajstić information content (AvgIpc) is 2.37. The van der Waals surface area contributed by atoms with Gasteiger partial charge in [0.1, 0.15) is 38.1 Å². The summed E-state index contributed by atoms with van der Waals surface area (Å²) in [4.78, 5) is -8.21. The fourth-order valence-corrected chi connectivity index (χ4v) is 4.64. The molecule has 16 heteroatoms. The Morgan fingerprint density at radius 2 is 0.846 bits per heavy atom. The fourth-order valence-electron chi connectivity index (χ4n) is 1.78. The van der Waals surface area contributed by atoms with E-state index in [1.807, 2.05) is 0 Å². The van der Waals surface area contributed by atoms with Crippen molar-refractivity contribution in [1.82, 2.24) is 0 Å². The summed E-state index contributed by atoms with van der Waals surface area (Å²) in [5.74, 6) is -4.73. The fraction of sp³-hybridized carbons (Fsp3) is 0.400. The van der Waals surface area contributed by atoms with E-state index < -0.39 is 68.3 Å². The second-order valence-corrected chi connectivity index (χ2v) is 9.43. The monoisotopic (exact) mass is 454 g/mol. The van der Waals surface area contributed by atoms with Crippen LogP contribution in [0.1, 0.15) is 0 Å². The van der Waals surface area contributed by atoms with Crippen LogP contribution in [-0.4, -0.2) is 26.6 Å². The second-order valence-electron chi connectivity index (χ2n) is 4.73. The van der Waals surface area contributed by atoms with Gasteiger partial charge in [0.25, 0.3) is 0 Å². The van der Waals surface area contributed by atoms with Crippen molar-refractivity contribution in [2.75, 3.05) is 26.6 Å². The molecule has 0 bridgehead atoms. The first-order chi connectivity index (χ1) is 11.1. The lowest BCUT2D eigenvalue weighted by Crippen LogP contribution is -2.19. The number of hydrogen-bond acceptors (Lipinski definition) is 2. The number of ether oxygens (including phenoxy) is 2. The summed E-state index contributed by atoms with van der Waals surface area (Å²) in [5, 5.41) is 0. The zero-order chi connectivity index (χ0) is 20.8. The van der Waals surface area contributed by atoms with Crippen LogP contribution in [0.4, 0.5) is 47.6 Å². The molecule has 0 aliphatic heterocycles. The van der Waals surface area contributed by atoms with Gasteiger partial charge >= 0.3 is 20.4 Å². The van der Waals surface area contributed by atoms with Crippen LogP contribution >= 0.6 is 20.4 Å². The van der Waals surface area contributed by atoms with E-state index in [9.17, 15) is 47.6 Å². The maximum atomic E-state index is 13.2. The van der Waals surface area contributed by atoms with Crippen molar-refractivity contribution in [3.8, 4) is 11.5 Å². The van der Waals surface area contributed by atoms with Crippen molar-refractivity contribution in [2.24, 2.45) is 0 Å². The van der Waals surface area contributed by atoms with Gasteiger partial charge in [0.2, 0.25) is 0 Å². The Balaban J connectivity index is 4.10. The minimum atomic E-state index is -11.5. The van der Waals surface area contributed by atoms with Gasteiger partial charge in [-0.25, -0.2) is 8.78 Å². The van der Waals surface area contributed by atoms with E-state index in [2.05, 4.69) is 9.47 Å². The van der Waals surface area contributed by atoms with Crippen LogP contribution in [0.25, 0.3) is 0 Å². The first-order valence-electron chi connectivity index (χ1n) is 6.13. The molecule has 26 heavy (non-hydrogen) atoms. The van der Waals surface area contributed by atoms with E-state index in [1.165, 1.54) is 0 Å². The molecule has 1 aromatic rings. The van der Waals surface area contributed by atoms with Crippen LogP contribution in [-0.2, 0) is 0 Å². The third kappa shape index (κ3) is 5.59. The molecule has 0 saturated carbocycles. The molecular weight excluding hydrogens is 444 g/mol. The Labute approximate surface area is 138 Å². The second kappa shape index (κ2) is 5.14. The quantitative estimate of drug-likeness (QED) is 0.375. The zero-order valence-electron chi connectivity index (χ0n) is 12.2. The van der Waals surface area contributed by atoms with Crippen molar-refractivity contribution < 1.29 is 57.1 Å². The standard InChI is InChI=1S/C10H10F12O2S2/c11-3-5-23-7-1-2-8(24-6-4-12)10(26(18,19,20,21)22)9(7)25(13,14,15,16)17/h1-2H,3-6H2. The molecule has 0 heterocycles. The maximum absolute atomic E-state index is 13.2. The number of hydrogen-bond donors (Lipinski definition) is 0. The van der Waals surface area contributed by atoms with E-state index in [0.29, 0.717) is 0 Å². The summed E-state index contributed by atoms with van der Waals surface area (Å²) in [6.07, 6.45) is 0. The molecule has 158 valence electrons. The maximum Gasteiger partial charge on any atom is 0.315 e. The first-order valence-corrected chi connectivity index (χ1v) is 10.0. The van der Waals surface area contributed by atoms with E-state index >= 15 is 0 Å². The molecular formula is C10H10F12O2S2. The molecule has 0 radical (unpaired) electrons. The van der Waals surface area contributed by atoms with Crippen LogP contribution in [0.2, 0.25) is 0 Å². The van der Waals surface area contributed by atoms with E-state index in [-0.39, 0.29) is 12.1 Å². The molecule has 0 saturated heterocycles. The predicted octanol–water partition coefficient (Wildman–Crippen LogP) is 7.70. The van der Waals surface area contributed by atoms with Crippen LogP contribution in [0.5, 0.6) is 11.5 Å². The molecule has 0 N–H and O–H groups in total. The van der Waals surface area contributed by atoms with Crippen molar-refractivity contribution in [3.63, 3.8) is 0 Å². The molecule has 0 fully saturated rings. The largest absolute Gasteiger partial charge is 0.489 e. The van der Waals surface area contributed by atoms with Gasteiger partial charge < -0.3 is 9.47 Å². The van der Waals surface area contributed by atoms with Gasteiger partial charge in [-0.3, -0.25) is 0 Å². The highest BCUT2D eigenvalue weighted by Gasteiger charge is 2.78. The number of benzene rings is 1. The Hall–Kier alpha value is -1.32. The minimum absolute atomic E-state index is 0.177. The summed E-state index contributed by atoms with van der Waals surface area (Å²) < 4.78 is 163. The van der Waals surface area contributed by atoms with Crippen molar-refractivity contribution in [1.29, 1.82) is 0 Å². The van der Waals surface area contributed by atoms with Gasteiger partial charge in [0, 0.05) is 0 Å². The van der Waals surface area contributed by atoms with Crippen LogP contribution in [0.15, 0.2) is 21.9 Å². The molecule has 0 aliphatic rings. The SMILES string of the molecule is FCCOc1ccc(OCCF)c(S(F)(F)(F)(F)F)c1S(F)(F)(F)(F)F. The average molecular weight is 454 g/mol. The highest BCUT2D eigenvalue weighted by atomic mass is 32.5. The number of halogens is 12. The Morgan fingerprint density at radius 3 is 1.04 bits per heavy atom. The highest BCUT2D eigenvalue weighted by molar-refractivity contribution is 8.48. The molecule has 0 unspecified atom stereocenters. The van der Waals surface area contributed by atoms with Gasteiger partial charge in [-0.1, -0.05) is 38.9 Å². The normalized spacial score (nSPS) is 18.3. The Bertz CT molecular complexity index is 634. The smallest absolute Gasteiger partial charge is 0.315 e. The van der Waals surface area contributed by atoms with E-state index in [0.717, 1.165) is 0 Å². The number of alkyl halides is 2. The van der Waals surface area contributed by atoms with Crippen molar-refractivity contribution in [2.45, 2.75) is 9.79 Å². The predicted molar refractivity (Wildman–Crippen MR) is 72.2 cm³/mol. The van der Waals surface area contributed by atoms with Crippen molar-refractivity contribution in [3.05, 3.63) is 12.1 Å². The lowest BCUT2D eigenvalue weighted by Gasteiger charge is -2.48. The van der Waals surface area contributed by atoms with Crippen LogP contribution in [0.3, 0.4) is 0 Å².